The van der Waals surface area contributed by atoms with Gasteiger partial charge in [0.25, 0.3) is 0 Å². The van der Waals surface area contributed by atoms with Crippen molar-refractivity contribution >= 4 is 27.8 Å². The highest BCUT2D eigenvalue weighted by Crippen LogP contribution is 2.34. The Hall–Kier alpha value is -1.54. The lowest BCUT2D eigenvalue weighted by molar-refractivity contribution is -0.161. The molecule has 2 aliphatic heterocycles. The highest BCUT2D eigenvalue weighted by atomic mass is 32.1. The monoisotopic (exact) mass is 391 g/mol. The molecular formula is C20H25NO5S. The third-order valence-electron chi connectivity index (χ3n) is 4.91. The summed E-state index contributed by atoms with van der Waals surface area (Å²) in [7, 11) is 0. The van der Waals surface area contributed by atoms with Crippen LogP contribution in [0.5, 0.6) is 5.75 Å². The first-order valence-electron chi connectivity index (χ1n) is 9.72. The van der Waals surface area contributed by atoms with Gasteiger partial charge in [0, 0.05) is 13.0 Å². The summed E-state index contributed by atoms with van der Waals surface area (Å²) in [4.78, 5) is 15.7. The zero-order valence-corrected chi connectivity index (χ0v) is 16.2. The van der Waals surface area contributed by atoms with Crippen LogP contribution in [0.15, 0.2) is 12.1 Å². The number of thiazole rings is 1. The minimum absolute atomic E-state index is 0.0905. The number of aldehydes is 1. The van der Waals surface area contributed by atoms with Crippen molar-refractivity contribution in [3.8, 4) is 5.75 Å². The van der Waals surface area contributed by atoms with Gasteiger partial charge in [-0.1, -0.05) is 6.07 Å². The molecule has 0 bridgehead atoms. The minimum atomic E-state index is -0.235. The lowest BCUT2D eigenvalue weighted by Gasteiger charge is -2.24. The molecule has 6 nitrogen and oxygen atoms in total. The van der Waals surface area contributed by atoms with E-state index in [2.05, 4.69) is 4.98 Å². The van der Waals surface area contributed by atoms with Crippen LogP contribution >= 0.6 is 11.3 Å². The summed E-state index contributed by atoms with van der Waals surface area (Å²) in [5.41, 5.74) is 1.85. The molecule has 0 aliphatic carbocycles. The van der Waals surface area contributed by atoms with Crippen LogP contribution in [0.1, 0.15) is 53.9 Å². The Morgan fingerprint density at radius 3 is 2.59 bits per heavy atom. The fraction of sp³-hybridized carbons (Fsp3) is 0.600. The predicted molar refractivity (Wildman–Crippen MR) is 102 cm³/mol. The Kier molecular flexibility index (Phi) is 6.34. The van der Waals surface area contributed by atoms with E-state index in [1.807, 2.05) is 12.1 Å². The number of carbonyl (C=O) groups is 1. The summed E-state index contributed by atoms with van der Waals surface area (Å²) >= 11 is 1.40. The molecule has 7 heteroatoms. The zero-order chi connectivity index (χ0) is 18.5. The third-order valence-corrected chi connectivity index (χ3v) is 5.97. The number of nitrogens with zero attached hydrogens (tertiary/aromatic N) is 1. The maximum Gasteiger partial charge on any atom is 0.199 e. The van der Waals surface area contributed by atoms with Crippen molar-refractivity contribution < 1.29 is 23.7 Å². The van der Waals surface area contributed by atoms with E-state index in [9.17, 15) is 4.79 Å². The van der Waals surface area contributed by atoms with E-state index in [0.29, 0.717) is 17.4 Å². The van der Waals surface area contributed by atoms with Crippen LogP contribution in [0.4, 0.5) is 0 Å². The first-order chi connectivity index (χ1) is 13.3. The molecule has 1 aromatic carbocycles. The molecule has 1 aromatic heterocycles. The fourth-order valence-electron chi connectivity index (χ4n) is 3.48. The van der Waals surface area contributed by atoms with Crippen LogP contribution in [0.25, 0.3) is 10.2 Å². The Bertz CT molecular complexity index is 765. The van der Waals surface area contributed by atoms with E-state index < -0.39 is 0 Å². The van der Waals surface area contributed by atoms with Gasteiger partial charge >= 0.3 is 0 Å². The maximum atomic E-state index is 11.3. The van der Waals surface area contributed by atoms with E-state index >= 15 is 0 Å². The minimum Gasteiger partial charge on any atom is -0.463 e. The molecule has 2 fully saturated rings. The normalized spacial score (nSPS) is 23.4. The molecule has 0 amide bonds. The molecule has 3 heterocycles. The molecule has 0 spiro atoms. The van der Waals surface area contributed by atoms with Crippen LogP contribution in [-0.4, -0.2) is 43.7 Å². The van der Waals surface area contributed by atoms with Crippen molar-refractivity contribution in [2.45, 2.75) is 57.5 Å². The van der Waals surface area contributed by atoms with Crippen molar-refractivity contribution in [3.63, 3.8) is 0 Å². The molecule has 2 saturated heterocycles. The molecule has 4 rings (SSSR count). The Morgan fingerprint density at radius 2 is 1.89 bits per heavy atom. The fourth-order valence-corrected chi connectivity index (χ4v) is 4.42. The Labute approximate surface area is 162 Å². The van der Waals surface area contributed by atoms with Crippen molar-refractivity contribution in [1.29, 1.82) is 0 Å². The highest BCUT2D eigenvalue weighted by Gasteiger charge is 2.20. The van der Waals surface area contributed by atoms with Gasteiger partial charge in [0.1, 0.15) is 11.3 Å². The van der Waals surface area contributed by atoms with E-state index in [-0.39, 0.29) is 12.6 Å². The van der Waals surface area contributed by atoms with Crippen LogP contribution < -0.4 is 4.74 Å². The van der Waals surface area contributed by atoms with Gasteiger partial charge in [-0.05, 0) is 50.2 Å². The van der Waals surface area contributed by atoms with Crippen LogP contribution in [0.3, 0.4) is 0 Å². The lowest BCUT2D eigenvalue weighted by Crippen LogP contribution is -2.25. The largest absolute Gasteiger partial charge is 0.463 e. The second-order valence-electron chi connectivity index (χ2n) is 6.90. The molecule has 0 radical (unpaired) electrons. The zero-order valence-electron chi connectivity index (χ0n) is 15.4. The molecule has 2 aliphatic rings. The molecule has 0 saturated carbocycles. The summed E-state index contributed by atoms with van der Waals surface area (Å²) in [6, 6.07) is 3.97. The topological polar surface area (TPSA) is 66.9 Å². The van der Waals surface area contributed by atoms with Crippen molar-refractivity contribution in [2.75, 3.05) is 19.8 Å². The molecule has 146 valence electrons. The van der Waals surface area contributed by atoms with Gasteiger partial charge in [-0.3, -0.25) is 4.79 Å². The molecule has 27 heavy (non-hydrogen) atoms. The average molecular weight is 391 g/mol. The van der Waals surface area contributed by atoms with Crippen molar-refractivity contribution in [2.24, 2.45) is 0 Å². The highest BCUT2D eigenvalue weighted by molar-refractivity contribution is 7.20. The van der Waals surface area contributed by atoms with Gasteiger partial charge in [-0.2, -0.15) is 0 Å². The number of ether oxygens (including phenoxy) is 4. The molecule has 2 unspecified atom stereocenters. The number of carbonyl (C=O) groups excluding carboxylic acids is 1. The number of rotatable bonds is 7. The van der Waals surface area contributed by atoms with E-state index in [1.54, 1.807) is 0 Å². The van der Waals surface area contributed by atoms with Gasteiger partial charge in [-0.25, -0.2) is 4.98 Å². The van der Waals surface area contributed by atoms with Gasteiger partial charge in [-0.15, -0.1) is 11.3 Å². The van der Waals surface area contributed by atoms with Gasteiger partial charge in [0.05, 0.1) is 17.9 Å². The lowest BCUT2D eigenvalue weighted by atomic mass is 10.1. The van der Waals surface area contributed by atoms with E-state index in [4.69, 9.17) is 18.9 Å². The number of hydrogen-bond donors (Lipinski definition) is 0. The average Bonchev–Trinajstić information content (AvgIpc) is 3.16. The smallest absolute Gasteiger partial charge is 0.199 e. The quantitative estimate of drug-likeness (QED) is 0.662. The summed E-state index contributed by atoms with van der Waals surface area (Å²) in [5.74, 6) is 0.682. The van der Waals surface area contributed by atoms with Crippen LogP contribution in [-0.2, 0) is 20.6 Å². The van der Waals surface area contributed by atoms with Crippen molar-refractivity contribution in [3.05, 3.63) is 22.7 Å². The summed E-state index contributed by atoms with van der Waals surface area (Å²) in [6.45, 7) is 2.09. The van der Waals surface area contributed by atoms with Gasteiger partial charge < -0.3 is 18.9 Å². The Balaban J connectivity index is 1.48. The maximum absolute atomic E-state index is 11.3. The molecule has 2 aromatic rings. The summed E-state index contributed by atoms with van der Waals surface area (Å²) < 4.78 is 24.2. The third kappa shape index (κ3) is 4.66. The van der Waals surface area contributed by atoms with Gasteiger partial charge in [0.2, 0.25) is 0 Å². The Morgan fingerprint density at radius 1 is 1.11 bits per heavy atom. The van der Waals surface area contributed by atoms with Gasteiger partial charge in [0.15, 0.2) is 23.9 Å². The van der Waals surface area contributed by atoms with Crippen LogP contribution in [0.2, 0.25) is 0 Å². The molecular weight excluding hydrogens is 366 g/mol. The van der Waals surface area contributed by atoms with Crippen molar-refractivity contribution in [1.82, 2.24) is 4.98 Å². The number of fused-ring (bicyclic) bond motifs is 1. The number of aromatic nitrogens is 1. The summed E-state index contributed by atoms with van der Waals surface area (Å²) in [5, 5.41) is 0.461. The van der Waals surface area contributed by atoms with E-state index in [1.165, 1.54) is 11.3 Å². The van der Waals surface area contributed by atoms with E-state index in [0.717, 1.165) is 80.2 Å². The molecule has 0 N–H and O–H groups in total. The SMILES string of the molecule is O=Cc1nc2c(OC3CCCCO3)ccc(CCOC3CCCCO3)c2s1. The standard InChI is InChI=1S/C20H25NO5S/c22-13-16-21-19-15(26-18-6-2-4-11-24-18)8-7-14(20(19)27-16)9-12-25-17-5-1-3-10-23-17/h7-8,13,17-18H,1-6,9-12H2. The second-order valence-corrected chi connectivity index (χ2v) is 7.93. The first-order valence-corrected chi connectivity index (χ1v) is 10.5. The summed E-state index contributed by atoms with van der Waals surface area (Å²) in [6.07, 6.45) is 7.49. The second kappa shape index (κ2) is 9.10. The number of hydrogen-bond acceptors (Lipinski definition) is 7. The van der Waals surface area contributed by atoms with Crippen LogP contribution in [0, 0.1) is 0 Å². The first kappa shape index (κ1) is 18.8. The predicted octanol–water partition coefficient (Wildman–Crippen LogP) is 4.10. The number of benzene rings is 1. The molecule has 2 atom stereocenters.